The van der Waals surface area contributed by atoms with Gasteiger partial charge >= 0.3 is 0 Å². The van der Waals surface area contributed by atoms with Gasteiger partial charge in [-0.1, -0.05) is 24.3 Å². The Morgan fingerprint density at radius 1 is 1.04 bits per heavy atom. The van der Waals surface area contributed by atoms with Crippen molar-refractivity contribution in [3.63, 3.8) is 0 Å². The van der Waals surface area contributed by atoms with Crippen molar-refractivity contribution in [3.8, 4) is 23.0 Å². The molecule has 1 aliphatic heterocycles. The lowest BCUT2D eigenvalue weighted by atomic mass is 10.0. The second kappa shape index (κ2) is 8.12. The van der Waals surface area contributed by atoms with Crippen molar-refractivity contribution < 1.29 is 29.5 Å². The van der Waals surface area contributed by atoms with E-state index < -0.39 is 12.2 Å². The van der Waals surface area contributed by atoms with Crippen LogP contribution in [0.1, 0.15) is 23.7 Å². The van der Waals surface area contributed by atoms with E-state index in [-0.39, 0.29) is 18.1 Å². The monoisotopic (exact) mass is 358 g/mol. The number of fused-ring (bicyclic) bond motifs is 1. The molecule has 0 spiro atoms. The first-order valence-corrected chi connectivity index (χ1v) is 8.38. The van der Waals surface area contributed by atoms with Gasteiger partial charge in [-0.3, -0.25) is 0 Å². The highest BCUT2D eigenvalue weighted by Gasteiger charge is 2.33. The Bertz CT molecular complexity index is 786. The molecular formula is C20H22O6. The zero-order chi connectivity index (χ0) is 18.5. The summed E-state index contributed by atoms with van der Waals surface area (Å²) in [6, 6.07) is 9.99. The van der Waals surface area contributed by atoms with E-state index in [9.17, 15) is 15.3 Å². The van der Waals surface area contributed by atoms with E-state index in [4.69, 9.17) is 14.2 Å². The Morgan fingerprint density at radius 2 is 1.88 bits per heavy atom. The average molecular weight is 358 g/mol. The molecule has 3 rings (SSSR count). The summed E-state index contributed by atoms with van der Waals surface area (Å²) in [4.78, 5) is 0. The van der Waals surface area contributed by atoms with Crippen molar-refractivity contribution in [3.05, 3.63) is 53.6 Å². The van der Waals surface area contributed by atoms with Gasteiger partial charge in [0, 0.05) is 19.3 Å². The zero-order valence-corrected chi connectivity index (χ0v) is 14.5. The van der Waals surface area contributed by atoms with Crippen molar-refractivity contribution in [1.29, 1.82) is 0 Å². The van der Waals surface area contributed by atoms with Gasteiger partial charge in [0.15, 0.2) is 35.2 Å². The van der Waals surface area contributed by atoms with E-state index in [2.05, 4.69) is 0 Å². The predicted octanol–water partition coefficient (Wildman–Crippen LogP) is 3.02. The van der Waals surface area contributed by atoms with Gasteiger partial charge in [0.2, 0.25) is 0 Å². The first kappa shape index (κ1) is 18.1. The lowest BCUT2D eigenvalue weighted by Crippen LogP contribution is -2.36. The molecular weight excluding hydrogens is 336 g/mol. The van der Waals surface area contributed by atoms with Crippen LogP contribution >= 0.6 is 0 Å². The average Bonchev–Trinajstić information content (AvgIpc) is 2.66. The van der Waals surface area contributed by atoms with Crippen LogP contribution in [-0.2, 0) is 4.74 Å². The largest absolute Gasteiger partial charge is 0.504 e. The maximum atomic E-state index is 9.72. The molecule has 1 heterocycles. The van der Waals surface area contributed by atoms with Crippen LogP contribution in [0.25, 0.3) is 6.08 Å². The van der Waals surface area contributed by atoms with Crippen LogP contribution in [0.2, 0.25) is 0 Å². The van der Waals surface area contributed by atoms with Gasteiger partial charge < -0.3 is 29.5 Å². The summed E-state index contributed by atoms with van der Waals surface area (Å²) in [5.74, 6) is 0.653. The van der Waals surface area contributed by atoms with Crippen LogP contribution in [0, 0.1) is 0 Å². The molecule has 1 aliphatic rings. The SMILES string of the molecule is COCCC=Cc1ccc2c(c1)O[C@@H](CO)[C@H](c1ccc(O)c(O)c1)O2. The molecule has 3 N–H and O–H groups in total. The second-order valence-electron chi connectivity index (χ2n) is 6.02. The summed E-state index contributed by atoms with van der Waals surface area (Å²) in [6.45, 7) is 0.411. The number of hydrogen-bond donors (Lipinski definition) is 3. The first-order valence-electron chi connectivity index (χ1n) is 8.38. The Labute approximate surface area is 151 Å². The molecule has 138 valence electrons. The molecule has 0 aliphatic carbocycles. The molecule has 0 radical (unpaired) electrons. The smallest absolute Gasteiger partial charge is 0.163 e. The fraction of sp³-hybridized carbons (Fsp3) is 0.300. The van der Waals surface area contributed by atoms with Crippen molar-refractivity contribution in [2.75, 3.05) is 20.3 Å². The highest BCUT2D eigenvalue weighted by molar-refractivity contribution is 5.56. The van der Waals surface area contributed by atoms with E-state index in [1.807, 2.05) is 30.4 Å². The number of aliphatic hydroxyl groups excluding tert-OH is 1. The molecule has 6 heteroatoms. The summed E-state index contributed by atoms with van der Waals surface area (Å²) in [5, 5.41) is 28.9. The van der Waals surface area contributed by atoms with Gasteiger partial charge in [0.25, 0.3) is 0 Å². The molecule has 0 amide bonds. The van der Waals surface area contributed by atoms with Gasteiger partial charge in [-0.25, -0.2) is 0 Å². The molecule has 2 aromatic carbocycles. The van der Waals surface area contributed by atoms with Gasteiger partial charge in [0.05, 0.1) is 6.61 Å². The molecule has 0 saturated heterocycles. The molecule has 0 fully saturated rings. The van der Waals surface area contributed by atoms with Crippen molar-refractivity contribution in [1.82, 2.24) is 0 Å². The maximum absolute atomic E-state index is 9.72. The van der Waals surface area contributed by atoms with Crippen molar-refractivity contribution >= 4 is 6.08 Å². The van der Waals surface area contributed by atoms with E-state index in [0.29, 0.717) is 23.7 Å². The standard InChI is InChI=1S/C20H22O6/c1-24-9-3-2-4-13-5-8-17-18(10-13)25-19(12-21)20(26-17)14-6-7-15(22)16(23)11-14/h2,4-8,10-11,19-23H,3,9,12H2,1H3/t19-,20-/m0/s1. The minimum absolute atomic E-state index is 0.212. The predicted molar refractivity (Wildman–Crippen MR) is 96.6 cm³/mol. The maximum Gasteiger partial charge on any atom is 0.163 e. The molecule has 0 aromatic heterocycles. The molecule has 2 atom stereocenters. The summed E-state index contributed by atoms with van der Waals surface area (Å²) < 4.78 is 16.9. The van der Waals surface area contributed by atoms with Crippen LogP contribution in [0.3, 0.4) is 0 Å². The van der Waals surface area contributed by atoms with Crippen LogP contribution in [0.15, 0.2) is 42.5 Å². The number of hydrogen-bond acceptors (Lipinski definition) is 6. The highest BCUT2D eigenvalue weighted by atomic mass is 16.6. The molecule has 2 aromatic rings. The number of methoxy groups -OCH3 is 1. The van der Waals surface area contributed by atoms with E-state index in [1.54, 1.807) is 13.2 Å². The lowest BCUT2D eigenvalue weighted by Gasteiger charge is -2.33. The molecule has 0 saturated carbocycles. The fourth-order valence-electron chi connectivity index (χ4n) is 2.79. The van der Waals surface area contributed by atoms with Gasteiger partial charge in [-0.2, -0.15) is 0 Å². The molecule has 26 heavy (non-hydrogen) atoms. The van der Waals surface area contributed by atoms with Crippen LogP contribution in [0.5, 0.6) is 23.0 Å². The molecule has 6 nitrogen and oxygen atoms in total. The van der Waals surface area contributed by atoms with Gasteiger partial charge in [-0.05, 0) is 36.2 Å². The number of ether oxygens (including phenoxy) is 3. The molecule has 0 unspecified atom stereocenters. The highest BCUT2D eigenvalue weighted by Crippen LogP contribution is 2.41. The number of benzene rings is 2. The summed E-state index contributed by atoms with van der Waals surface area (Å²) in [5.41, 5.74) is 1.56. The Kier molecular flexibility index (Phi) is 5.65. The third kappa shape index (κ3) is 3.92. The first-order chi connectivity index (χ1) is 12.6. The topological polar surface area (TPSA) is 88.4 Å². The Morgan fingerprint density at radius 3 is 2.62 bits per heavy atom. The normalized spacial score (nSPS) is 19.0. The summed E-state index contributed by atoms with van der Waals surface area (Å²) in [7, 11) is 1.66. The fourth-order valence-corrected chi connectivity index (χ4v) is 2.79. The number of aromatic hydroxyl groups is 2. The minimum Gasteiger partial charge on any atom is -0.504 e. The summed E-state index contributed by atoms with van der Waals surface area (Å²) in [6.07, 6.45) is 3.58. The van der Waals surface area contributed by atoms with Crippen LogP contribution in [-0.4, -0.2) is 41.7 Å². The number of phenolic OH excluding ortho intramolecular Hbond substituents is 2. The second-order valence-corrected chi connectivity index (χ2v) is 6.02. The number of aliphatic hydroxyl groups is 1. The number of rotatable bonds is 6. The Hall–Kier alpha value is -2.70. The third-order valence-electron chi connectivity index (χ3n) is 4.14. The zero-order valence-electron chi connectivity index (χ0n) is 14.5. The Balaban J connectivity index is 1.82. The van der Waals surface area contributed by atoms with E-state index in [1.165, 1.54) is 12.1 Å². The van der Waals surface area contributed by atoms with Crippen LogP contribution < -0.4 is 9.47 Å². The van der Waals surface area contributed by atoms with Crippen LogP contribution in [0.4, 0.5) is 0 Å². The number of phenols is 2. The van der Waals surface area contributed by atoms with Gasteiger partial charge in [-0.15, -0.1) is 0 Å². The van der Waals surface area contributed by atoms with Crippen molar-refractivity contribution in [2.45, 2.75) is 18.6 Å². The lowest BCUT2D eigenvalue weighted by molar-refractivity contribution is -0.0124. The third-order valence-corrected chi connectivity index (χ3v) is 4.14. The summed E-state index contributed by atoms with van der Waals surface area (Å²) >= 11 is 0. The van der Waals surface area contributed by atoms with Crippen molar-refractivity contribution in [2.24, 2.45) is 0 Å². The molecule has 0 bridgehead atoms. The van der Waals surface area contributed by atoms with Gasteiger partial charge in [0.1, 0.15) is 0 Å². The van der Waals surface area contributed by atoms with E-state index in [0.717, 1.165) is 12.0 Å². The quantitative estimate of drug-likeness (QED) is 0.543. The minimum atomic E-state index is -0.626. The van der Waals surface area contributed by atoms with E-state index >= 15 is 0 Å².